The number of hydrogen-bond acceptors (Lipinski definition) is 3. The van der Waals surface area contributed by atoms with Crippen LogP contribution in [0.5, 0.6) is 0 Å². The number of hydrogen-bond donors (Lipinski definition) is 1. The van der Waals surface area contributed by atoms with Gasteiger partial charge in [0.15, 0.2) is 11.6 Å². The number of aromatic nitrogens is 7. The van der Waals surface area contributed by atoms with Crippen molar-refractivity contribution in [3.05, 3.63) is 241 Å². The minimum Gasteiger partial charge on any atom is -0.354 e. The Balaban J connectivity index is 0.000000143. The average molecular weight is 976 g/mol. The van der Waals surface area contributed by atoms with Crippen LogP contribution in [0.15, 0.2) is 218 Å². The topological polar surface area (TPSA) is 69.2 Å². The van der Waals surface area contributed by atoms with Crippen molar-refractivity contribution in [1.29, 1.82) is 0 Å². The Labute approximate surface area is 438 Å². The summed E-state index contributed by atoms with van der Waals surface area (Å²) in [6.45, 7) is 9.44. The molecule has 2 aliphatic heterocycles. The highest BCUT2D eigenvalue weighted by Gasteiger charge is 2.38. The molecule has 0 atom stereocenters. The molecule has 7 nitrogen and oxygen atoms in total. The van der Waals surface area contributed by atoms with Crippen LogP contribution < -0.4 is 0 Å². The molecule has 76 heavy (non-hydrogen) atoms. The summed E-state index contributed by atoms with van der Waals surface area (Å²) < 4.78 is 7.17. The Hall–Kier alpha value is -9.59. The van der Waals surface area contributed by atoms with Crippen LogP contribution in [0, 0.1) is 0 Å². The Morgan fingerprint density at radius 1 is 0.316 bits per heavy atom. The lowest BCUT2D eigenvalue weighted by molar-refractivity contribution is 0.631. The summed E-state index contributed by atoms with van der Waals surface area (Å²) in [7, 11) is 0. The van der Waals surface area contributed by atoms with Gasteiger partial charge in [0.05, 0.1) is 44.5 Å². The van der Waals surface area contributed by atoms with E-state index in [4.69, 9.17) is 15.0 Å². The maximum Gasteiger partial charge on any atom is 0.238 e. The number of aromatic amines is 1. The van der Waals surface area contributed by atoms with Crippen molar-refractivity contribution in [2.24, 2.45) is 0 Å². The molecule has 0 amide bonds. The Kier molecular flexibility index (Phi) is 8.73. The van der Waals surface area contributed by atoms with E-state index in [1.807, 2.05) is 36.4 Å². The van der Waals surface area contributed by atoms with Gasteiger partial charge in [-0.3, -0.25) is 4.57 Å². The van der Waals surface area contributed by atoms with Gasteiger partial charge in [0.2, 0.25) is 5.95 Å². The Bertz CT molecular complexity index is 4870. The summed E-state index contributed by atoms with van der Waals surface area (Å²) in [4.78, 5) is 18.9. The number of nitrogens with zero attached hydrogens (tertiary/aromatic N) is 6. The van der Waals surface area contributed by atoms with Crippen molar-refractivity contribution in [2.45, 2.75) is 38.5 Å². The monoisotopic (exact) mass is 975 g/mol. The van der Waals surface area contributed by atoms with Gasteiger partial charge in [0.25, 0.3) is 0 Å². The molecule has 17 rings (SSSR count). The van der Waals surface area contributed by atoms with Crippen LogP contribution in [0.2, 0.25) is 0 Å². The van der Waals surface area contributed by atoms with Gasteiger partial charge in [-0.2, -0.15) is 9.97 Å². The van der Waals surface area contributed by atoms with E-state index in [-0.39, 0.29) is 10.8 Å². The van der Waals surface area contributed by atoms with Gasteiger partial charge in [0, 0.05) is 76.1 Å². The summed E-state index contributed by atoms with van der Waals surface area (Å²) >= 11 is 0. The van der Waals surface area contributed by atoms with E-state index in [2.05, 4.69) is 228 Å². The van der Waals surface area contributed by atoms with Crippen LogP contribution in [0.25, 0.3) is 127 Å². The molecule has 2 aliphatic rings. The first-order valence-electron chi connectivity index (χ1n) is 26.3. The molecule has 0 spiro atoms. The molecule has 7 heterocycles. The lowest BCUT2D eigenvalue weighted by Gasteiger charge is -2.35. The smallest absolute Gasteiger partial charge is 0.238 e. The van der Waals surface area contributed by atoms with Crippen LogP contribution in [0.1, 0.15) is 49.9 Å². The van der Waals surface area contributed by atoms with Gasteiger partial charge < -0.3 is 14.1 Å². The summed E-state index contributed by atoms with van der Waals surface area (Å²) in [5.74, 6) is 1.89. The maximum atomic E-state index is 5.16. The van der Waals surface area contributed by atoms with E-state index in [0.29, 0.717) is 17.6 Å². The average Bonchev–Trinajstić information content (AvgIpc) is 4.40. The molecular weight excluding hydrogens is 927 g/mol. The number of benzene rings is 10. The fourth-order valence-corrected chi connectivity index (χ4v) is 13.2. The van der Waals surface area contributed by atoms with Crippen molar-refractivity contribution in [3.63, 3.8) is 0 Å². The minimum atomic E-state index is -0.204. The predicted molar refractivity (Wildman–Crippen MR) is 314 cm³/mol. The third-order valence-corrected chi connectivity index (χ3v) is 16.9. The number of fused-ring (bicyclic) bond motifs is 16. The van der Waals surface area contributed by atoms with Crippen LogP contribution in [0.4, 0.5) is 0 Å². The first-order valence-corrected chi connectivity index (χ1v) is 26.3. The van der Waals surface area contributed by atoms with E-state index >= 15 is 0 Å². The van der Waals surface area contributed by atoms with Gasteiger partial charge in [-0.1, -0.05) is 198 Å². The van der Waals surface area contributed by atoms with Gasteiger partial charge in [-0.05, 0) is 70.8 Å². The summed E-state index contributed by atoms with van der Waals surface area (Å²) in [6, 6.07) is 78.2. The van der Waals surface area contributed by atoms with Crippen molar-refractivity contribution >= 4 is 87.2 Å². The van der Waals surface area contributed by atoms with E-state index in [9.17, 15) is 0 Å². The zero-order chi connectivity index (χ0) is 50.6. The minimum absolute atomic E-state index is 0.0637. The van der Waals surface area contributed by atoms with Crippen molar-refractivity contribution < 1.29 is 0 Å². The molecule has 0 unspecified atom stereocenters. The molecule has 0 fully saturated rings. The quantitative estimate of drug-likeness (QED) is 0.192. The normalized spacial score (nSPS) is 14.0. The second-order valence-electron chi connectivity index (χ2n) is 21.7. The molecule has 1 N–H and O–H groups in total. The summed E-state index contributed by atoms with van der Waals surface area (Å²) in [5, 5.41) is 10.2. The molecule has 5 aromatic heterocycles. The van der Waals surface area contributed by atoms with E-state index in [1.165, 1.54) is 110 Å². The Morgan fingerprint density at radius 3 is 1.30 bits per heavy atom. The van der Waals surface area contributed by atoms with Gasteiger partial charge in [0.1, 0.15) is 0 Å². The third kappa shape index (κ3) is 5.85. The van der Waals surface area contributed by atoms with E-state index in [1.54, 1.807) is 0 Å². The van der Waals surface area contributed by atoms with Crippen LogP contribution >= 0.6 is 0 Å². The SMILES string of the molecule is CC1(C)c2cc3c(cc2-n2c4ccccc4c4cccc1c42)[nH]c1ccccc13.CC1(C)c2cc3c4ccccc4n(-c4nc(-c5ccccc5)nc(-c5ccccc5)n4)c3cc2-n2c3ccccc3c3cccc1c32. The highest BCUT2D eigenvalue weighted by atomic mass is 15.2. The molecule has 0 bridgehead atoms. The summed E-state index contributed by atoms with van der Waals surface area (Å²) in [6.07, 6.45) is 0. The van der Waals surface area contributed by atoms with Crippen LogP contribution in [-0.2, 0) is 10.8 Å². The fourth-order valence-electron chi connectivity index (χ4n) is 13.2. The molecule has 0 saturated carbocycles. The number of H-pyrrole nitrogens is 1. The third-order valence-electron chi connectivity index (χ3n) is 16.9. The van der Waals surface area contributed by atoms with Crippen LogP contribution in [0.3, 0.4) is 0 Å². The molecule has 7 heteroatoms. The first kappa shape index (κ1) is 42.9. The lowest BCUT2D eigenvalue weighted by Crippen LogP contribution is -2.26. The predicted octanol–water partition coefficient (Wildman–Crippen LogP) is 17.1. The van der Waals surface area contributed by atoms with Crippen molar-refractivity contribution in [1.82, 2.24) is 33.6 Å². The van der Waals surface area contributed by atoms with Crippen molar-refractivity contribution in [2.75, 3.05) is 0 Å². The molecule has 0 aliphatic carbocycles. The molecule has 0 saturated heterocycles. The van der Waals surface area contributed by atoms with E-state index in [0.717, 1.165) is 22.2 Å². The molecule has 360 valence electrons. The highest BCUT2D eigenvalue weighted by Crippen LogP contribution is 2.51. The standard InChI is InChI=1S/C42H29N5.C27H20N2/c1-42(2)32-21-13-20-30-28-18-9-11-22-34(28)46(38(30)32)37-25-36-31(24-33(37)42)29-19-10-12-23-35(29)47(36)41-44-39(26-14-5-3-6-15-26)43-40(45-41)27-16-7-4-8-17-27;1-27(2)20-11-7-10-18-17-9-4-6-13-24(17)29(26(18)20)25-15-23-19(14-21(25)27)16-8-3-5-12-22(16)28-23/h3-25H,1-2H3;3-15,28H,1-2H3. The lowest BCUT2D eigenvalue weighted by atomic mass is 9.74. The van der Waals surface area contributed by atoms with Gasteiger partial charge in [-0.25, -0.2) is 4.98 Å². The molecule has 10 aromatic carbocycles. The first-order chi connectivity index (χ1) is 37.2. The maximum absolute atomic E-state index is 5.16. The number of para-hydroxylation sites is 6. The second kappa shape index (κ2) is 15.5. The molecule has 15 aromatic rings. The van der Waals surface area contributed by atoms with Gasteiger partial charge in [-0.15, -0.1) is 0 Å². The van der Waals surface area contributed by atoms with E-state index < -0.39 is 0 Å². The fraction of sp³-hybridized carbons (Fsp3) is 0.0870. The summed E-state index contributed by atoms with van der Waals surface area (Å²) in [5.41, 5.74) is 19.2. The highest BCUT2D eigenvalue weighted by molar-refractivity contribution is 6.16. The molecular formula is C69H49N7. The number of nitrogens with one attached hydrogen (secondary N) is 1. The molecule has 0 radical (unpaired) electrons. The largest absolute Gasteiger partial charge is 0.354 e. The van der Waals surface area contributed by atoms with Crippen molar-refractivity contribution in [3.8, 4) is 40.1 Å². The van der Waals surface area contributed by atoms with Crippen LogP contribution in [-0.4, -0.2) is 33.6 Å². The zero-order valence-electron chi connectivity index (χ0n) is 42.5. The second-order valence-corrected chi connectivity index (χ2v) is 21.7. The Morgan fingerprint density at radius 2 is 0.750 bits per heavy atom. The zero-order valence-corrected chi connectivity index (χ0v) is 42.5. The van der Waals surface area contributed by atoms with Gasteiger partial charge >= 0.3 is 0 Å². The number of rotatable bonds is 3.